The van der Waals surface area contributed by atoms with Gasteiger partial charge in [0.1, 0.15) is 0 Å². The highest BCUT2D eigenvalue weighted by atomic mass is 16.7. The van der Waals surface area contributed by atoms with Gasteiger partial charge in [-0.05, 0) is 12.5 Å². The van der Waals surface area contributed by atoms with E-state index in [0.717, 1.165) is 20.8 Å². The van der Waals surface area contributed by atoms with Crippen molar-refractivity contribution in [2.75, 3.05) is 0 Å². The predicted molar refractivity (Wildman–Crippen MR) is 125 cm³/mol. The second-order valence-corrected chi connectivity index (χ2v) is 8.36. The number of nitrogens with two attached hydrogens (primary N) is 1. The number of ether oxygens (including phenoxy) is 5. The third-order valence-electron chi connectivity index (χ3n) is 5.40. The molecule has 1 aliphatic rings. The van der Waals surface area contributed by atoms with E-state index in [1.165, 1.54) is 42.1 Å². The molecule has 2 N–H and O–H groups in total. The van der Waals surface area contributed by atoms with Crippen molar-refractivity contribution < 1.29 is 47.8 Å². The number of nitro groups is 1. The lowest BCUT2D eigenvalue weighted by Gasteiger charge is -2.43. The number of benzene rings is 1. The van der Waals surface area contributed by atoms with E-state index < -0.39 is 59.4 Å². The average molecular weight is 534 g/mol. The molecule has 0 spiro atoms. The van der Waals surface area contributed by atoms with Crippen LogP contribution < -0.4 is 10.5 Å². The number of primary amides is 1. The van der Waals surface area contributed by atoms with Crippen LogP contribution in [0.3, 0.4) is 0 Å². The monoisotopic (exact) mass is 534 g/mol. The normalized spacial score (nSPS) is 22.7. The van der Waals surface area contributed by atoms with Crippen LogP contribution in [0.15, 0.2) is 30.6 Å². The maximum absolute atomic E-state index is 12.3. The molecule has 2 aromatic rings. The lowest BCUT2D eigenvalue weighted by atomic mass is 9.99. The van der Waals surface area contributed by atoms with E-state index in [0.29, 0.717) is 5.56 Å². The summed E-state index contributed by atoms with van der Waals surface area (Å²) in [6.07, 6.45) is -4.97. The molecule has 204 valence electrons. The number of hydrogen-bond acceptors (Lipinski definition) is 12. The number of nitro benzene ring substituents is 1. The van der Waals surface area contributed by atoms with Crippen LogP contribution in [-0.4, -0.2) is 69.0 Å². The number of aromatic nitrogens is 2. The van der Waals surface area contributed by atoms with Crippen LogP contribution in [0, 0.1) is 10.1 Å². The number of carbonyl (C=O) groups is 4. The lowest BCUT2D eigenvalue weighted by Crippen LogP contribution is -2.62. The SMILES string of the molecule is CC(=O)O[C@@H]1[C@@H](OC(C)=O)[C@H](C)O[C@@H](Oc2ncn(Cc3ccc([N+](=O)[O-])cc3)c2C(N)=O)[C@@H]1OC(C)=O. The molecule has 15 nitrogen and oxygen atoms in total. The first kappa shape index (κ1) is 28.0. The number of amides is 1. The Balaban J connectivity index is 1.93. The Morgan fingerprint density at radius 2 is 1.55 bits per heavy atom. The van der Waals surface area contributed by atoms with Gasteiger partial charge in [-0.3, -0.25) is 29.3 Å². The van der Waals surface area contributed by atoms with Gasteiger partial charge >= 0.3 is 17.9 Å². The molecular weight excluding hydrogens is 508 g/mol. The highest BCUT2D eigenvalue weighted by Crippen LogP contribution is 2.31. The molecule has 0 unspecified atom stereocenters. The Kier molecular flexibility index (Phi) is 8.62. The smallest absolute Gasteiger partial charge is 0.303 e. The largest absolute Gasteiger partial charge is 0.456 e. The standard InChI is InChI=1S/C23H26N4O11/c1-11-18(35-12(2)28)19(36-13(3)29)20(37-14(4)30)23(34-11)38-22-17(21(24)31)26(10-25-22)9-15-5-7-16(8-6-15)27(32)33/h5-8,10-11,18-20,23H,9H2,1-4H3,(H2,24,31)/t11-,18-,19+,20+,23-/m0/s1. The van der Waals surface area contributed by atoms with Crippen LogP contribution in [-0.2, 0) is 39.9 Å². The number of non-ortho nitro benzene ring substituents is 1. The molecule has 3 rings (SSSR count). The maximum Gasteiger partial charge on any atom is 0.303 e. The van der Waals surface area contributed by atoms with Gasteiger partial charge in [-0.2, -0.15) is 0 Å². The van der Waals surface area contributed by atoms with Crippen molar-refractivity contribution in [1.29, 1.82) is 0 Å². The fourth-order valence-corrected chi connectivity index (χ4v) is 3.91. The Morgan fingerprint density at radius 1 is 1.00 bits per heavy atom. The summed E-state index contributed by atoms with van der Waals surface area (Å²) in [4.78, 5) is 62.1. The minimum absolute atomic E-state index is 0.0620. The molecule has 1 aromatic heterocycles. The number of nitrogens with zero attached hydrogens (tertiary/aromatic N) is 3. The van der Waals surface area contributed by atoms with Crippen molar-refractivity contribution in [2.45, 2.75) is 64.9 Å². The second kappa shape index (κ2) is 11.7. The molecule has 5 atom stereocenters. The fraction of sp³-hybridized carbons (Fsp3) is 0.435. The van der Waals surface area contributed by atoms with Gasteiger partial charge in [0.25, 0.3) is 11.6 Å². The Bertz CT molecular complexity index is 1230. The van der Waals surface area contributed by atoms with Crippen molar-refractivity contribution in [3.63, 3.8) is 0 Å². The van der Waals surface area contributed by atoms with Gasteiger partial charge in [-0.15, -0.1) is 0 Å². The minimum atomic E-state index is -1.45. The first-order valence-corrected chi connectivity index (χ1v) is 11.3. The van der Waals surface area contributed by atoms with Crippen LogP contribution in [0.1, 0.15) is 43.7 Å². The molecule has 15 heteroatoms. The van der Waals surface area contributed by atoms with Crippen LogP contribution in [0.4, 0.5) is 5.69 Å². The minimum Gasteiger partial charge on any atom is -0.456 e. The van der Waals surface area contributed by atoms with Crippen molar-refractivity contribution >= 4 is 29.5 Å². The quantitative estimate of drug-likeness (QED) is 0.206. The van der Waals surface area contributed by atoms with E-state index in [4.69, 9.17) is 29.4 Å². The first-order chi connectivity index (χ1) is 17.9. The summed E-state index contributed by atoms with van der Waals surface area (Å²) in [5.74, 6) is -3.41. The topological polar surface area (TPSA) is 201 Å². The van der Waals surface area contributed by atoms with Crippen molar-refractivity contribution in [3.8, 4) is 5.88 Å². The fourth-order valence-electron chi connectivity index (χ4n) is 3.91. The van der Waals surface area contributed by atoms with Gasteiger partial charge in [0, 0.05) is 39.4 Å². The number of carbonyl (C=O) groups excluding carboxylic acids is 4. The van der Waals surface area contributed by atoms with E-state index in [9.17, 15) is 29.3 Å². The van der Waals surface area contributed by atoms with E-state index in [1.807, 2.05) is 0 Å². The lowest BCUT2D eigenvalue weighted by molar-refractivity contribution is -0.384. The molecule has 0 aliphatic carbocycles. The summed E-state index contributed by atoms with van der Waals surface area (Å²) >= 11 is 0. The van der Waals surface area contributed by atoms with E-state index >= 15 is 0 Å². The number of imidazole rings is 1. The molecule has 1 aromatic carbocycles. The highest BCUT2D eigenvalue weighted by molar-refractivity contribution is 5.93. The third-order valence-corrected chi connectivity index (χ3v) is 5.40. The zero-order valence-corrected chi connectivity index (χ0v) is 20.9. The maximum atomic E-state index is 12.3. The van der Waals surface area contributed by atoms with Gasteiger partial charge in [0.2, 0.25) is 18.3 Å². The second-order valence-electron chi connectivity index (χ2n) is 8.36. The molecule has 1 fully saturated rings. The van der Waals surface area contributed by atoms with Gasteiger partial charge < -0.3 is 34.0 Å². The zero-order chi connectivity index (χ0) is 28.1. The van der Waals surface area contributed by atoms with E-state index in [1.54, 1.807) is 0 Å². The Labute approximate surface area is 215 Å². The molecule has 1 saturated heterocycles. The predicted octanol–water partition coefficient (Wildman–Crippen LogP) is 0.857. The van der Waals surface area contributed by atoms with Gasteiger partial charge in [-0.25, -0.2) is 4.98 Å². The molecule has 0 bridgehead atoms. The molecule has 0 saturated carbocycles. The van der Waals surface area contributed by atoms with Crippen molar-refractivity contribution in [3.05, 3.63) is 52.0 Å². The zero-order valence-electron chi connectivity index (χ0n) is 20.9. The van der Waals surface area contributed by atoms with Gasteiger partial charge in [0.05, 0.1) is 17.4 Å². The Hall–Kier alpha value is -4.53. The summed E-state index contributed by atoms with van der Waals surface area (Å²) in [6, 6.07) is 5.63. The summed E-state index contributed by atoms with van der Waals surface area (Å²) < 4.78 is 28.9. The average Bonchev–Trinajstić information content (AvgIpc) is 3.20. The number of rotatable bonds is 9. The molecule has 1 amide bonds. The van der Waals surface area contributed by atoms with Gasteiger partial charge in [0.15, 0.2) is 17.9 Å². The summed E-state index contributed by atoms with van der Waals surface area (Å²) in [7, 11) is 0. The van der Waals surface area contributed by atoms with Crippen LogP contribution in [0.25, 0.3) is 0 Å². The molecule has 38 heavy (non-hydrogen) atoms. The molecule has 1 aliphatic heterocycles. The highest BCUT2D eigenvalue weighted by Gasteiger charge is 2.52. The van der Waals surface area contributed by atoms with Crippen LogP contribution >= 0.6 is 0 Å². The number of esters is 3. The van der Waals surface area contributed by atoms with Gasteiger partial charge in [-0.1, -0.05) is 12.1 Å². The summed E-state index contributed by atoms with van der Waals surface area (Å²) in [5.41, 5.74) is 5.89. The third kappa shape index (κ3) is 6.61. The van der Waals surface area contributed by atoms with E-state index in [-0.39, 0.29) is 23.8 Å². The van der Waals surface area contributed by atoms with Crippen LogP contribution in [0.2, 0.25) is 0 Å². The van der Waals surface area contributed by atoms with E-state index in [2.05, 4.69) is 4.98 Å². The van der Waals surface area contributed by atoms with Crippen molar-refractivity contribution in [1.82, 2.24) is 9.55 Å². The molecular formula is C23H26N4O11. The Morgan fingerprint density at radius 3 is 2.08 bits per heavy atom. The molecule has 2 heterocycles. The van der Waals surface area contributed by atoms with Crippen LogP contribution in [0.5, 0.6) is 5.88 Å². The molecule has 0 radical (unpaired) electrons. The summed E-state index contributed by atoms with van der Waals surface area (Å²) in [5, 5.41) is 10.9. The number of hydrogen-bond donors (Lipinski definition) is 1. The summed E-state index contributed by atoms with van der Waals surface area (Å²) in [6.45, 7) is 4.96. The first-order valence-electron chi connectivity index (χ1n) is 11.3. The van der Waals surface area contributed by atoms with Crippen molar-refractivity contribution in [2.24, 2.45) is 5.73 Å².